The molecule has 0 saturated heterocycles. The number of nitrogens with one attached hydrogen (secondary N) is 1. The van der Waals surface area contributed by atoms with Crippen LogP contribution in [0.3, 0.4) is 0 Å². The van der Waals surface area contributed by atoms with E-state index in [1.807, 2.05) is 18.2 Å². The highest BCUT2D eigenvalue weighted by atomic mass is 32.2. The Bertz CT molecular complexity index is 960. The number of benzene rings is 2. The molecule has 4 rings (SSSR count). The van der Waals surface area contributed by atoms with Crippen LogP contribution in [0.5, 0.6) is 0 Å². The van der Waals surface area contributed by atoms with Crippen molar-refractivity contribution in [2.45, 2.75) is 52.0 Å². The van der Waals surface area contributed by atoms with Crippen molar-refractivity contribution < 1.29 is 4.79 Å². The fourth-order valence-electron chi connectivity index (χ4n) is 3.84. The van der Waals surface area contributed by atoms with Crippen molar-refractivity contribution in [2.24, 2.45) is 9.98 Å². The Hall–Kier alpha value is -2.40. The maximum atomic E-state index is 12.4. The molecule has 0 bridgehead atoms. The van der Waals surface area contributed by atoms with Crippen molar-refractivity contribution >= 4 is 39.8 Å². The van der Waals surface area contributed by atoms with Crippen molar-refractivity contribution in [2.75, 3.05) is 5.75 Å². The third-order valence-corrected chi connectivity index (χ3v) is 6.58. The first kappa shape index (κ1) is 19.9. The van der Waals surface area contributed by atoms with E-state index in [2.05, 4.69) is 43.4 Å². The van der Waals surface area contributed by atoms with Gasteiger partial charge in [-0.05, 0) is 55.5 Å². The lowest BCUT2D eigenvalue weighted by Crippen LogP contribution is -2.34. The first-order valence-corrected chi connectivity index (χ1v) is 11.3. The normalized spacial score (nSPS) is 16.6. The standard InChI is InChI=1S/C24H27N3OS/c1-16-12-21-22(13-17(16)2)27-24(14-20(26-21)18-8-4-3-5-9-18)29-15-23(28)25-19-10-6-7-11-19/h3-5,8-9,12-13,19H,6-7,10-11,14-15H2,1-2H3,(H,25,28). The van der Waals surface area contributed by atoms with Crippen LogP contribution in [0.1, 0.15) is 48.8 Å². The van der Waals surface area contributed by atoms with Gasteiger partial charge in [-0.25, -0.2) is 4.99 Å². The lowest BCUT2D eigenvalue weighted by molar-refractivity contribution is -0.119. The average molecular weight is 406 g/mol. The molecular weight excluding hydrogens is 378 g/mol. The van der Waals surface area contributed by atoms with Gasteiger partial charge in [0.25, 0.3) is 0 Å². The van der Waals surface area contributed by atoms with E-state index in [1.54, 1.807) is 0 Å². The number of aryl methyl sites for hydroxylation is 2. The van der Waals surface area contributed by atoms with E-state index in [0.29, 0.717) is 18.2 Å². The summed E-state index contributed by atoms with van der Waals surface area (Å²) in [5.41, 5.74) is 6.30. The molecule has 1 aliphatic heterocycles. The Balaban J connectivity index is 1.57. The van der Waals surface area contributed by atoms with E-state index in [4.69, 9.17) is 9.98 Å². The molecule has 0 aromatic heterocycles. The summed E-state index contributed by atoms with van der Waals surface area (Å²) in [6, 6.07) is 14.8. The number of amides is 1. The third kappa shape index (κ3) is 4.96. The van der Waals surface area contributed by atoms with Crippen molar-refractivity contribution in [1.29, 1.82) is 0 Å². The highest BCUT2D eigenvalue weighted by Gasteiger charge is 2.20. The molecule has 0 atom stereocenters. The van der Waals surface area contributed by atoms with Crippen LogP contribution < -0.4 is 5.32 Å². The maximum Gasteiger partial charge on any atom is 0.230 e. The first-order valence-electron chi connectivity index (χ1n) is 10.3. The summed E-state index contributed by atoms with van der Waals surface area (Å²) in [6.07, 6.45) is 5.29. The van der Waals surface area contributed by atoms with Gasteiger partial charge in [-0.1, -0.05) is 43.2 Å². The number of carbonyl (C=O) groups excluding carboxylic acids is 1. The van der Waals surface area contributed by atoms with E-state index in [1.165, 1.54) is 35.7 Å². The second-order valence-corrected chi connectivity index (χ2v) is 8.92. The highest BCUT2D eigenvalue weighted by Crippen LogP contribution is 2.36. The quantitative estimate of drug-likeness (QED) is 0.714. The highest BCUT2D eigenvalue weighted by molar-refractivity contribution is 8.14. The van der Waals surface area contributed by atoms with Crippen LogP contribution in [0.25, 0.3) is 0 Å². The SMILES string of the molecule is Cc1cc2c(cc1C)N=C(c1ccccc1)CC(SCC(=O)NC1CCCC1)=N2. The number of nitrogens with zero attached hydrogens (tertiary/aromatic N) is 2. The van der Waals surface area contributed by atoms with E-state index in [0.717, 1.165) is 40.5 Å². The van der Waals surface area contributed by atoms with Crippen LogP contribution in [0.2, 0.25) is 0 Å². The Morgan fingerprint density at radius 1 is 1.03 bits per heavy atom. The Morgan fingerprint density at radius 2 is 1.69 bits per heavy atom. The fraction of sp³-hybridized carbons (Fsp3) is 0.375. The number of thioether (sulfide) groups is 1. The minimum atomic E-state index is 0.104. The molecule has 2 aromatic rings. The summed E-state index contributed by atoms with van der Waals surface area (Å²) < 4.78 is 0. The van der Waals surface area contributed by atoms with Gasteiger partial charge in [-0.3, -0.25) is 9.79 Å². The maximum absolute atomic E-state index is 12.4. The molecule has 0 unspecified atom stereocenters. The van der Waals surface area contributed by atoms with Crippen LogP contribution >= 0.6 is 11.8 Å². The number of carbonyl (C=O) groups is 1. The molecule has 2 aliphatic rings. The van der Waals surface area contributed by atoms with Crippen molar-refractivity contribution in [1.82, 2.24) is 5.32 Å². The number of hydrogen-bond acceptors (Lipinski definition) is 4. The molecule has 5 heteroatoms. The van der Waals surface area contributed by atoms with Crippen LogP contribution in [-0.4, -0.2) is 28.5 Å². The molecule has 1 N–H and O–H groups in total. The zero-order valence-corrected chi connectivity index (χ0v) is 17.9. The lowest BCUT2D eigenvalue weighted by atomic mass is 10.1. The van der Waals surface area contributed by atoms with E-state index in [-0.39, 0.29) is 5.91 Å². The Labute approximate surface area is 176 Å². The molecule has 4 nitrogen and oxygen atoms in total. The minimum Gasteiger partial charge on any atom is -0.353 e. The summed E-state index contributed by atoms with van der Waals surface area (Å²) >= 11 is 1.53. The van der Waals surface area contributed by atoms with Crippen molar-refractivity contribution in [3.8, 4) is 0 Å². The minimum absolute atomic E-state index is 0.104. The molecule has 1 fully saturated rings. The van der Waals surface area contributed by atoms with Gasteiger partial charge in [0.15, 0.2) is 0 Å². The van der Waals surface area contributed by atoms with Gasteiger partial charge in [0.2, 0.25) is 5.91 Å². The molecule has 0 radical (unpaired) electrons. The number of hydrogen-bond donors (Lipinski definition) is 1. The van der Waals surface area contributed by atoms with E-state index >= 15 is 0 Å². The molecule has 0 spiro atoms. The summed E-state index contributed by atoms with van der Waals surface area (Å²) in [6.45, 7) is 4.20. The lowest BCUT2D eigenvalue weighted by Gasteiger charge is -2.12. The second kappa shape index (κ2) is 8.95. The molecule has 1 heterocycles. The zero-order chi connectivity index (χ0) is 20.2. The number of rotatable bonds is 4. The first-order chi connectivity index (χ1) is 14.1. The van der Waals surface area contributed by atoms with Crippen LogP contribution in [0, 0.1) is 13.8 Å². The smallest absolute Gasteiger partial charge is 0.230 e. The molecule has 1 amide bonds. The van der Waals surface area contributed by atoms with Crippen molar-refractivity contribution in [3.63, 3.8) is 0 Å². The Morgan fingerprint density at radius 3 is 2.38 bits per heavy atom. The summed E-state index contributed by atoms with van der Waals surface area (Å²) in [5, 5.41) is 4.11. The van der Waals surface area contributed by atoms with Gasteiger partial charge < -0.3 is 5.32 Å². The second-order valence-electron chi connectivity index (χ2n) is 7.87. The Kier molecular flexibility index (Phi) is 6.14. The van der Waals surface area contributed by atoms with Gasteiger partial charge in [0.1, 0.15) is 0 Å². The molecule has 1 saturated carbocycles. The third-order valence-electron chi connectivity index (χ3n) is 5.61. The molecule has 29 heavy (non-hydrogen) atoms. The van der Waals surface area contributed by atoms with Gasteiger partial charge in [0.05, 0.1) is 27.9 Å². The number of aliphatic imine (C=N–C) groups is 2. The average Bonchev–Trinajstić information content (AvgIpc) is 3.16. The van der Waals surface area contributed by atoms with Crippen molar-refractivity contribution in [3.05, 3.63) is 59.2 Å². The van der Waals surface area contributed by atoms with E-state index in [9.17, 15) is 4.79 Å². The fourth-order valence-corrected chi connectivity index (χ4v) is 4.62. The monoisotopic (exact) mass is 405 g/mol. The summed E-state index contributed by atoms with van der Waals surface area (Å²) in [5.74, 6) is 0.504. The van der Waals surface area contributed by atoms with Crippen LogP contribution in [-0.2, 0) is 4.79 Å². The van der Waals surface area contributed by atoms with Crippen LogP contribution in [0.4, 0.5) is 11.4 Å². The van der Waals surface area contributed by atoms with Gasteiger partial charge in [-0.2, -0.15) is 0 Å². The molecular formula is C24H27N3OS. The number of fused-ring (bicyclic) bond motifs is 1. The predicted molar refractivity (Wildman–Crippen MR) is 123 cm³/mol. The molecule has 150 valence electrons. The zero-order valence-electron chi connectivity index (χ0n) is 17.1. The molecule has 1 aliphatic carbocycles. The largest absolute Gasteiger partial charge is 0.353 e. The summed E-state index contributed by atoms with van der Waals surface area (Å²) in [4.78, 5) is 22.3. The van der Waals surface area contributed by atoms with Crippen LogP contribution in [0.15, 0.2) is 52.4 Å². The van der Waals surface area contributed by atoms with E-state index < -0.39 is 0 Å². The summed E-state index contributed by atoms with van der Waals surface area (Å²) in [7, 11) is 0. The van der Waals surface area contributed by atoms with Gasteiger partial charge in [-0.15, -0.1) is 11.8 Å². The van der Waals surface area contributed by atoms with Gasteiger partial charge in [0, 0.05) is 12.5 Å². The topological polar surface area (TPSA) is 53.8 Å². The van der Waals surface area contributed by atoms with Gasteiger partial charge >= 0.3 is 0 Å². The molecule has 2 aromatic carbocycles. The predicted octanol–water partition coefficient (Wildman–Crippen LogP) is 5.65.